The van der Waals surface area contributed by atoms with E-state index < -0.39 is 0 Å². The van der Waals surface area contributed by atoms with E-state index in [-0.39, 0.29) is 11.8 Å². The Kier molecular flexibility index (Phi) is 3.57. The van der Waals surface area contributed by atoms with Crippen molar-refractivity contribution in [3.63, 3.8) is 0 Å². The molecule has 1 N–H and O–H groups in total. The maximum atomic E-state index is 6.05. The largest absolute Gasteiger partial charge is 0.350 e. The van der Waals surface area contributed by atoms with Crippen molar-refractivity contribution in [1.82, 2.24) is 5.32 Å². The molecule has 18 heavy (non-hydrogen) atoms. The van der Waals surface area contributed by atoms with Gasteiger partial charge in [0.1, 0.15) is 0 Å². The summed E-state index contributed by atoms with van der Waals surface area (Å²) in [4.78, 5) is 0. The standard InChI is InChI=1S/C14H18ClNO2/c15-12-4-1-3-11(9-12)13-10-14(5-6-16-13)17-7-2-8-18-14/h1,3-4,9,13,16H,2,5-8,10H2. The smallest absolute Gasteiger partial charge is 0.171 e. The molecule has 3 rings (SSSR count). The first-order chi connectivity index (χ1) is 8.77. The molecule has 1 unspecified atom stereocenters. The minimum Gasteiger partial charge on any atom is -0.350 e. The summed E-state index contributed by atoms with van der Waals surface area (Å²) in [7, 11) is 0. The molecule has 2 aliphatic rings. The van der Waals surface area contributed by atoms with Crippen LogP contribution in [0.1, 0.15) is 30.9 Å². The highest BCUT2D eigenvalue weighted by atomic mass is 35.5. The quantitative estimate of drug-likeness (QED) is 0.849. The van der Waals surface area contributed by atoms with Crippen LogP contribution in [0.15, 0.2) is 24.3 Å². The van der Waals surface area contributed by atoms with Crippen LogP contribution in [0.5, 0.6) is 0 Å². The number of ether oxygens (including phenoxy) is 2. The second-order valence-corrected chi connectivity index (χ2v) is 5.41. The number of nitrogens with one attached hydrogen (secondary N) is 1. The first kappa shape index (κ1) is 12.4. The van der Waals surface area contributed by atoms with Gasteiger partial charge in [-0.05, 0) is 24.1 Å². The third kappa shape index (κ3) is 2.54. The summed E-state index contributed by atoms with van der Waals surface area (Å²) >= 11 is 6.05. The Morgan fingerprint density at radius 2 is 2.11 bits per heavy atom. The van der Waals surface area contributed by atoms with Crippen LogP contribution < -0.4 is 5.32 Å². The molecule has 2 fully saturated rings. The molecule has 3 nitrogen and oxygen atoms in total. The molecule has 0 saturated carbocycles. The first-order valence-electron chi connectivity index (χ1n) is 6.54. The first-order valence-corrected chi connectivity index (χ1v) is 6.92. The van der Waals surface area contributed by atoms with Gasteiger partial charge < -0.3 is 14.8 Å². The predicted octanol–water partition coefficient (Wildman–Crippen LogP) is 2.90. The summed E-state index contributed by atoms with van der Waals surface area (Å²) in [5.74, 6) is -0.378. The van der Waals surface area contributed by atoms with E-state index >= 15 is 0 Å². The number of halogens is 1. The van der Waals surface area contributed by atoms with Crippen molar-refractivity contribution < 1.29 is 9.47 Å². The molecule has 1 aromatic rings. The van der Waals surface area contributed by atoms with Crippen LogP contribution in [0.2, 0.25) is 5.02 Å². The molecule has 0 aliphatic carbocycles. The maximum absolute atomic E-state index is 6.05. The Hall–Kier alpha value is -0.610. The second kappa shape index (κ2) is 5.17. The van der Waals surface area contributed by atoms with E-state index in [2.05, 4.69) is 11.4 Å². The van der Waals surface area contributed by atoms with Gasteiger partial charge in [-0.3, -0.25) is 0 Å². The molecule has 4 heteroatoms. The van der Waals surface area contributed by atoms with Crippen molar-refractivity contribution in [2.75, 3.05) is 19.8 Å². The van der Waals surface area contributed by atoms with Crippen molar-refractivity contribution in [1.29, 1.82) is 0 Å². The van der Waals surface area contributed by atoms with Gasteiger partial charge in [0.2, 0.25) is 0 Å². The average Bonchev–Trinajstić information content (AvgIpc) is 2.40. The minimum absolute atomic E-state index is 0.260. The summed E-state index contributed by atoms with van der Waals surface area (Å²) in [6.45, 7) is 2.53. The van der Waals surface area contributed by atoms with Gasteiger partial charge in [0.15, 0.2) is 5.79 Å². The number of hydrogen-bond acceptors (Lipinski definition) is 3. The fourth-order valence-corrected chi connectivity index (χ4v) is 2.96. The van der Waals surface area contributed by atoms with Crippen LogP contribution in [-0.2, 0) is 9.47 Å². The van der Waals surface area contributed by atoms with Gasteiger partial charge in [-0.1, -0.05) is 23.7 Å². The lowest BCUT2D eigenvalue weighted by Gasteiger charge is -2.43. The fourth-order valence-electron chi connectivity index (χ4n) is 2.76. The lowest BCUT2D eigenvalue weighted by molar-refractivity contribution is -0.281. The molecule has 2 saturated heterocycles. The molecule has 0 radical (unpaired) electrons. The maximum Gasteiger partial charge on any atom is 0.171 e. The SMILES string of the molecule is Clc1cccc(C2CC3(CCN2)OCCCO3)c1. The van der Waals surface area contributed by atoms with Crippen LogP contribution in [0.3, 0.4) is 0 Å². The zero-order valence-electron chi connectivity index (χ0n) is 10.3. The summed E-state index contributed by atoms with van der Waals surface area (Å²) in [6, 6.07) is 8.27. The van der Waals surface area contributed by atoms with Crippen LogP contribution in [0.25, 0.3) is 0 Å². The molecule has 1 atom stereocenters. The van der Waals surface area contributed by atoms with E-state index in [1.807, 2.05) is 18.2 Å². The zero-order chi connectivity index (χ0) is 12.4. The molecule has 0 amide bonds. The monoisotopic (exact) mass is 267 g/mol. The van der Waals surface area contributed by atoms with Crippen molar-refractivity contribution in [3.8, 4) is 0 Å². The molecule has 1 spiro atoms. The topological polar surface area (TPSA) is 30.5 Å². The van der Waals surface area contributed by atoms with Gasteiger partial charge in [-0.15, -0.1) is 0 Å². The molecular formula is C14H18ClNO2. The Balaban J connectivity index is 1.77. The number of hydrogen-bond donors (Lipinski definition) is 1. The second-order valence-electron chi connectivity index (χ2n) is 4.98. The molecular weight excluding hydrogens is 250 g/mol. The van der Waals surface area contributed by atoms with E-state index in [0.29, 0.717) is 0 Å². The van der Waals surface area contributed by atoms with Gasteiger partial charge in [0, 0.05) is 30.5 Å². The third-order valence-corrected chi connectivity index (χ3v) is 3.92. The Morgan fingerprint density at radius 1 is 1.28 bits per heavy atom. The highest BCUT2D eigenvalue weighted by Gasteiger charge is 2.40. The van der Waals surface area contributed by atoms with Gasteiger partial charge in [0.05, 0.1) is 13.2 Å². The Labute approximate surface area is 112 Å². The van der Waals surface area contributed by atoms with Crippen molar-refractivity contribution in [2.45, 2.75) is 31.1 Å². The van der Waals surface area contributed by atoms with Gasteiger partial charge >= 0.3 is 0 Å². The van der Waals surface area contributed by atoms with E-state index in [4.69, 9.17) is 21.1 Å². The Bertz CT molecular complexity index is 413. The van der Waals surface area contributed by atoms with Crippen LogP contribution in [-0.4, -0.2) is 25.5 Å². The van der Waals surface area contributed by atoms with E-state index in [1.165, 1.54) is 5.56 Å². The summed E-state index contributed by atoms with van der Waals surface area (Å²) in [6.07, 6.45) is 2.77. The summed E-state index contributed by atoms with van der Waals surface area (Å²) < 4.78 is 11.8. The van der Waals surface area contributed by atoms with Crippen molar-refractivity contribution in [3.05, 3.63) is 34.9 Å². The molecule has 1 aromatic carbocycles. The third-order valence-electron chi connectivity index (χ3n) is 3.68. The van der Waals surface area contributed by atoms with E-state index in [0.717, 1.165) is 44.0 Å². The van der Waals surface area contributed by atoms with Crippen molar-refractivity contribution in [2.24, 2.45) is 0 Å². The zero-order valence-corrected chi connectivity index (χ0v) is 11.1. The van der Waals surface area contributed by atoms with Crippen LogP contribution >= 0.6 is 11.6 Å². The number of benzene rings is 1. The molecule has 0 aromatic heterocycles. The highest BCUT2D eigenvalue weighted by Crippen LogP contribution is 2.36. The van der Waals surface area contributed by atoms with Crippen LogP contribution in [0.4, 0.5) is 0 Å². The molecule has 2 heterocycles. The van der Waals surface area contributed by atoms with E-state index in [1.54, 1.807) is 0 Å². The highest BCUT2D eigenvalue weighted by molar-refractivity contribution is 6.30. The Morgan fingerprint density at radius 3 is 2.89 bits per heavy atom. The minimum atomic E-state index is -0.378. The summed E-state index contributed by atoms with van der Waals surface area (Å²) in [5, 5.41) is 4.29. The van der Waals surface area contributed by atoms with Crippen molar-refractivity contribution >= 4 is 11.6 Å². The normalized spacial score (nSPS) is 27.3. The molecule has 98 valence electrons. The fraction of sp³-hybridized carbons (Fsp3) is 0.571. The lowest BCUT2D eigenvalue weighted by Crippen LogP contribution is -2.49. The molecule has 0 bridgehead atoms. The van der Waals surface area contributed by atoms with Gasteiger partial charge in [-0.2, -0.15) is 0 Å². The summed E-state index contributed by atoms with van der Waals surface area (Å²) in [5.41, 5.74) is 1.21. The van der Waals surface area contributed by atoms with Gasteiger partial charge in [-0.25, -0.2) is 0 Å². The van der Waals surface area contributed by atoms with E-state index in [9.17, 15) is 0 Å². The lowest BCUT2D eigenvalue weighted by atomic mass is 9.92. The van der Waals surface area contributed by atoms with Gasteiger partial charge in [0.25, 0.3) is 0 Å². The average molecular weight is 268 g/mol. The number of piperidine rings is 1. The predicted molar refractivity (Wildman–Crippen MR) is 70.7 cm³/mol. The molecule has 2 aliphatic heterocycles. The van der Waals surface area contributed by atoms with Crippen LogP contribution in [0, 0.1) is 0 Å². The number of rotatable bonds is 1.